The van der Waals surface area contributed by atoms with Crippen molar-refractivity contribution in [3.63, 3.8) is 0 Å². The zero-order valence-corrected chi connectivity index (χ0v) is 13.5. The minimum Gasteiger partial charge on any atom is -0.337 e. The van der Waals surface area contributed by atoms with E-state index in [-0.39, 0.29) is 42.3 Å². The van der Waals surface area contributed by atoms with Crippen molar-refractivity contribution >= 4 is 30.7 Å². The van der Waals surface area contributed by atoms with Crippen molar-refractivity contribution in [2.75, 3.05) is 20.1 Å². The van der Waals surface area contributed by atoms with Gasteiger partial charge in [0, 0.05) is 25.3 Å². The van der Waals surface area contributed by atoms with E-state index in [0.29, 0.717) is 13.1 Å². The first-order chi connectivity index (χ1) is 9.41. The molecular weight excluding hydrogens is 342 g/mol. The lowest BCUT2D eigenvalue weighted by Gasteiger charge is -2.32. The summed E-state index contributed by atoms with van der Waals surface area (Å²) in [4.78, 5) is 17.2. The quantitative estimate of drug-likeness (QED) is 0.882. The van der Waals surface area contributed by atoms with E-state index in [1.54, 1.807) is 4.90 Å². The fourth-order valence-corrected chi connectivity index (χ4v) is 2.27. The maximum atomic E-state index is 12.4. The summed E-state index contributed by atoms with van der Waals surface area (Å²) in [5, 5.41) is 3.11. The molecule has 0 spiro atoms. The molecule has 1 aromatic heterocycles. The van der Waals surface area contributed by atoms with Gasteiger partial charge in [-0.3, -0.25) is 9.78 Å². The fourth-order valence-electron chi connectivity index (χ4n) is 2.27. The van der Waals surface area contributed by atoms with E-state index in [1.807, 2.05) is 7.05 Å². The monoisotopic (exact) mass is 359 g/mol. The Morgan fingerprint density at radius 3 is 2.55 bits per heavy atom. The molecule has 2 heterocycles. The number of rotatable bonds is 2. The Kier molecular flexibility index (Phi) is 8.14. The number of carbonyl (C=O) groups excluding carboxylic acids is 1. The van der Waals surface area contributed by atoms with E-state index >= 15 is 0 Å². The maximum Gasteiger partial charge on any atom is 0.433 e. The van der Waals surface area contributed by atoms with E-state index in [0.717, 1.165) is 25.1 Å². The topological polar surface area (TPSA) is 45.2 Å². The van der Waals surface area contributed by atoms with Crippen molar-refractivity contribution in [1.82, 2.24) is 15.2 Å². The van der Waals surface area contributed by atoms with Gasteiger partial charge in [-0.1, -0.05) is 0 Å². The van der Waals surface area contributed by atoms with Gasteiger partial charge in [-0.2, -0.15) is 13.2 Å². The zero-order chi connectivity index (χ0) is 14.8. The number of hydrogen-bond acceptors (Lipinski definition) is 3. The zero-order valence-electron chi connectivity index (χ0n) is 11.9. The number of pyridine rings is 1. The summed E-state index contributed by atoms with van der Waals surface area (Å²) in [6.45, 7) is 1.19. The van der Waals surface area contributed by atoms with Crippen LogP contribution >= 0.6 is 24.8 Å². The number of likely N-dealkylation sites (tertiary alicyclic amines) is 1. The minimum atomic E-state index is -4.48. The highest BCUT2D eigenvalue weighted by Gasteiger charge is 2.32. The van der Waals surface area contributed by atoms with Gasteiger partial charge in [0.2, 0.25) is 0 Å². The highest BCUT2D eigenvalue weighted by Crippen LogP contribution is 2.27. The highest BCUT2D eigenvalue weighted by molar-refractivity contribution is 5.94. The Balaban J connectivity index is 0.00000220. The minimum absolute atomic E-state index is 0. The first-order valence-electron chi connectivity index (χ1n) is 6.41. The second kappa shape index (κ2) is 8.55. The molecule has 0 radical (unpaired) electrons. The molecule has 22 heavy (non-hydrogen) atoms. The summed E-state index contributed by atoms with van der Waals surface area (Å²) in [5.41, 5.74) is -0.796. The molecule has 1 amide bonds. The number of aromatic nitrogens is 1. The molecule has 4 nitrogen and oxygen atoms in total. The van der Waals surface area contributed by atoms with Gasteiger partial charge >= 0.3 is 6.18 Å². The van der Waals surface area contributed by atoms with Gasteiger partial charge in [0.25, 0.3) is 5.91 Å². The van der Waals surface area contributed by atoms with E-state index in [2.05, 4.69) is 10.3 Å². The number of likely N-dealkylation sites (N-methyl/N-ethyl adjacent to an activating group) is 1. The molecule has 1 atom stereocenters. The van der Waals surface area contributed by atoms with Crippen LogP contribution in [-0.2, 0) is 6.18 Å². The van der Waals surface area contributed by atoms with Crippen LogP contribution in [-0.4, -0.2) is 42.0 Å². The standard InChI is InChI=1S/C13H16F3N3O.2ClH/c1-17-10-3-2-6-19(8-10)12(20)9-4-5-11(18-7-9)13(14,15)16;;/h4-5,7,10,17H,2-3,6,8H2,1H3;2*1H. The van der Waals surface area contributed by atoms with Crippen LogP contribution in [0.3, 0.4) is 0 Å². The lowest BCUT2D eigenvalue weighted by atomic mass is 10.0. The summed E-state index contributed by atoms with van der Waals surface area (Å²) in [6.07, 6.45) is -1.62. The lowest BCUT2D eigenvalue weighted by molar-refractivity contribution is -0.141. The fraction of sp³-hybridized carbons (Fsp3) is 0.538. The maximum absolute atomic E-state index is 12.4. The van der Waals surface area contributed by atoms with Crippen LogP contribution in [0.2, 0.25) is 0 Å². The van der Waals surface area contributed by atoms with Crippen molar-refractivity contribution in [2.24, 2.45) is 0 Å². The molecule has 1 fully saturated rings. The van der Waals surface area contributed by atoms with Crippen molar-refractivity contribution in [3.05, 3.63) is 29.6 Å². The van der Waals surface area contributed by atoms with E-state index < -0.39 is 11.9 Å². The van der Waals surface area contributed by atoms with Crippen molar-refractivity contribution in [2.45, 2.75) is 25.1 Å². The summed E-state index contributed by atoms with van der Waals surface area (Å²) >= 11 is 0. The molecule has 0 saturated carbocycles. The molecule has 1 unspecified atom stereocenters. The first kappa shape index (κ1) is 20.9. The number of carbonyl (C=O) groups is 1. The molecule has 2 rings (SSSR count). The largest absolute Gasteiger partial charge is 0.433 e. The predicted octanol–water partition coefficient (Wildman–Crippen LogP) is 2.77. The molecule has 0 aromatic carbocycles. The average molecular weight is 360 g/mol. The smallest absolute Gasteiger partial charge is 0.337 e. The third-order valence-electron chi connectivity index (χ3n) is 3.42. The lowest BCUT2D eigenvalue weighted by Crippen LogP contribution is -2.47. The molecule has 0 aliphatic carbocycles. The van der Waals surface area contributed by atoms with E-state index in [4.69, 9.17) is 0 Å². The van der Waals surface area contributed by atoms with Gasteiger partial charge in [0.05, 0.1) is 5.56 Å². The van der Waals surface area contributed by atoms with Gasteiger partial charge in [0.1, 0.15) is 5.69 Å². The number of hydrogen-bond donors (Lipinski definition) is 1. The molecular formula is C13H18Cl2F3N3O. The highest BCUT2D eigenvalue weighted by atomic mass is 35.5. The van der Waals surface area contributed by atoms with Crippen LogP contribution < -0.4 is 5.32 Å². The van der Waals surface area contributed by atoms with Gasteiger partial charge in [-0.25, -0.2) is 0 Å². The van der Waals surface area contributed by atoms with Crippen LogP contribution in [0, 0.1) is 0 Å². The molecule has 0 bridgehead atoms. The van der Waals surface area contributed by atoms with Crippen LogP contribution in [0.4, 0.5) is 13.2 Å². The first-order valence-corrected chi connectivity index (χ1v) is 6.41. The Labute approximate surface area is 139 Å². The molecule has 126 valence electrons. The van der Waals surface area contributed by atoms with Gasteiger partial charge in [-0.05, 0) is 32.0 Å². The number of nitrogens with zero attached hydrogens (tertiary/aromatic N) is 2. The molecule has 1 N–H and O–H groups in total. The number of piperidine rings is 1. The van der Waals surface area contributed by atoms with Crippen molar-refractivity contribution < 1.29 is 18.0 Å². The summed E-state index contributed by atoms with van der Waals surface area (Å²) in [7, 11) is 1.83. The third kappa shape index (κ3) is 5.00. The van der Waals surface area contributed by atoms with Crippen molar-refractivity contribution in [1.29, 1.82) is 0 Å². The Morgan fingerprint density at radius 2 is 2.05 bits per heavy atom. The Morgan fingerprint density at radius 1 is 1.36 bits per heavy atom. The molecule has 1 aromatic rings. The average Bonchev–Trinajstić information content (AvgIpc) is 2.46. The Hall–Kier alpha value is -1.05. The third-order valence-corrected chi connectivity index (χ3v) is 3.42. The second-order valence-corrected chi connectivity index (χ2v) is 4.81. The van der Waals surface area contributed by atoms with Gasteiger partial charge in [-0.15, -0.1) is 24.8 Å². The molecule has 1 saturated heterocycles. The van der Waals surface area contributed by atoms with E-state index in [9.17, 15) is 18.0 Å². The van der Waals surface area contributed by atoms with Crippen LogP contribution in [0.25, 0.3) is 0 Å². The number of alkyl halides is 3. The van der Waals surface area contributed by atoms with Crippen LogP contribution in [0.5, 0.6) is 0 Å². The summed E-state index contributed by atoms with van der Waals surface area (Å²) in [6, 6.07) is 2.25. The number of amides is 1. The number of halogens is 5. The van der Waals surface area contributed by atoms with Crippen LogP contribution in [0.15, 0.2) is 18.3 Å². The van der Waals surface area contributed by atoms with Crippen LogP contribution in [0.1, 0.15) is 28.9 Å². The SMILES string of the molecule is CNC1CCCN(C(=O)c2ccc(C(F)(F)F)nc2)C1.Cl.Cl. The van der Waals surface area contributed by atoms with Gasteiger partial charge in [0.15, 0.2) is 0 Å². The summed E-state index contributed by atoms with van der Waals surface area (Å²) < 4.78 is 37.2. The Bertz CT molecular complexity index is 482. The van der Waals surface area contributed by atoms with Crippen molar-refractivity contribution in [3.8, 4) is 0 Å². The molecule has 1 aliphatic heterocycles. The summed E-state index contributed by atoms with van der Waals surface area (Å²) in [5.74, 6) is -0.272. The normalized spacial score (nSPS) is 18.2. The second-order valence-electron chi connectivity index (χ2n) is 4.81. The number of nitrogens with one attached hydrogen (secondary N) is 1. The molecule has 9 heteroatoms. The van der Waals surface area contributed by atoms with E-state index in [1.165, 1.54) is 6.07 Å². The molecule has 1 aliphatic rings. The van der Waals surface area contributed by atoms with Gasteiger partial charge < -0.3 is 10.2 Å². The predicted molar refractivity (Wildman–Crippen MR) is 81.7 cm³/mol.